The summed E-state index contributed by atoms with van der Waals surface area (Å²) in [6.07, 6.45) is 0.686. The quantitative estimate of drug-likeness (QED) is 0.648. The minimum atomic E-state index is -1.00. The van der Waals surface area contributed by atoms with Crippen LogP contribution in [0.4, 0.5) is 5.69 Å². The molecule has 0 bridgehead atoms. The summed E-state index contributed by atoms with van der Waals surface area (Å²) in [5, 5.41) is 11.8. The van der Waals surface area contributed by atoms with Gasteiger partial charge in [0.2, 0.25) is 11.8 Å². The van der Waals surface area contributed by atoms with E-state index < -0.39 is 12.0 Å². The van der Waals surface area contributed by atoms with Crippen LogP contribution in [0.5, 0.6) is 5.75 Å². The molecule has 1 aromatic carbocycles. The van der Waals surface area contributed by atoms with Crippen LogP contribution in [-0.4, -0.2) is 72.5 Å². The Kier molecular flexibility index (Phi) is 8.57. The van der Waals surface area contributed by atoms with Crippen LogP contribution in [0, 0.1) is 0 Å². The summed E-state index contributed by atoms with van der Waals surface area (Å²) in [7, 11) is 3.08. The summed E-state index contributed by atoms with van der Waals surface area (Å²) >= 11 is 0. The van der Waals surface area contributed by atoms with E-state index in [1.807, 2.05) is 6.92 Å². The molecule has 2 amide bonds. The Labute approximate surface area is 153 Å². The van der Waals surface area contributed by atoms with Gasteiger partial charge in [-0.1, -0.05) is 19.1 Å². The second-order valence-corrected chi connectivity index (χ2v) is 5.99. The Morgan fingerprint density at radius 3 is 2.46 bits per heavy atom. The third kappa shape index (κ3) is 6.36. The maximum atomic E-state index is 12.5. The van der Waals surface area contributed by atoms with E-state index in [0.29, 0.717) is 24.4 Å². The number of benzene rings is 1. The molecular weight excluding hydrogens is 338 g/mol. The lowest BCUT2D eigenvalue weighted by Gasteiger charge is -2.26. The fourth-order valence-electron chi connectivity index (χ4n) is 2.31. The first-order valence-electron chi connectivity index (χ1n) is 8.43. The number of methoxy groups -OCH3 is 1. The molecule has 26 heavy (non-hydrogen) atoms. The molecule has 1 atom stereocenters. The number of hydrogen-bond donors (Lipinski definition) is 2. The van der Waals surface area contributed by atoms with E-state index in [0.717, 1.165) is 0 Å². The molecule has 1 unspecified atom stereocenters. The molecule has 2 N–H and O–H groups in total. The fourth-order valence-corrected chi connectivity index (χ4v) is 2.31. The first-order chi connectivity index (χ1) is 12.3. The third-order valence-electron chi connectivity index (χ3n) is 3.96. The van der Waals surface area contributed by atoms with Crippen LogP contribution in [0.2, 0.25) is 0 Å². The maximum Gasteiger partial charge on any atom is 0.320 e. The zero-order valence-corrected chi connectivity index (χ0v) is 15.7. The summed E-state index contributed by atoms with van der Waals surface area (Å²) < 4.78 is 5.19. The van der Waals surface area contributed by atoms with Gasteiger partial charge in [-0.25, -0.2) is 0 Å². The molecule has 0 aromatic heterocycles. The second-order valence-electron chi connectivity index (χ2n) is 5.99. The number of carboxylic acid groups (broad SMARTS) is 1. The standard InChI is InChI=1S/C18H27N3O5/c1-5-10-21(17(23)12-20(3)13(2)18(24)25)11-16(22)19-14-8-6-7-9-15(14)26-4/h6-9,13H,5,10-12H2,1-4H3,(H,19,22)(H,24,25). The van der Waals surface area contributed by atoms with Crippen LogP contribution in [-0.2, 0) is 14.4 Å². The molecule has 1 rings (SSSR count). The van der Waals surface area contributed by atoms with Gasteiger partial charge in [0.25, 0.3) is 0 Å². The zero-order valence-electron chi connectivity index (χ0n) is 15.7. The molecule has 0 aliphatic carbocycles. The Balaban J connectivity index is 2.72. The van der Waals surface area contributed by atoms with Crippen LogP contribution in [0.3, 0.4) is 0 Å². The number of para-hydroxylation sites is 2. The molecule has 0 fully saturated rings. The van der Waals surface area contributed by atoms with Gasteiger partial charge in [0.1, 0.15) is 11.8 Å². The molecule has 0 saturated heterocycles. The Morgan fingerprint density at radius 1 is 1.23 bits per heavy atom. The van der Waals surface area contributed by atoms with Crippen molar-refractivity contribution in [1.29, 1.82) is 0 Å². The highest BCUT2D eigenvalue weighted by molar-refractivity contribution is 5.96. The lowest BCUT2D eigenvalue weighted by molar-refractivity contribution is -0.144. The van der Waals surface area contributed by atoms with Crippen molar-refractivity contribution in [2.45, 2.75) is 26.3 Å². The summed E-state index contributed by atoms with van der Waals surface area (Å²) in [6, 6.07) is 6.22. The molecule has 0 aliphatic heterocycles. The molecule has 0 saturated carbocycles. The Morgan fingerprint density at radius 2 is 1.88 bits per heavy atom. The number of hydrogen-bond acceptors (Lipinski definition) is 5. The van der Waals surface area contributed by atoms with Crippen LogP contribution < -0.4 is 10.1 Å². The summed E-state index contributed by atoms with van der Waals surface area (Å²) in [5.41, 5.74) is 0.528. The fraction of sp³-hybridized carbons (Fsp3) is 0.500. The van der Waals surface area contributed by atoms with Gasteiger partial charge in [0.15, 0.2) is 0 Å². The van der Waals surface area contributed by atoms with Gasteiger partial charge in [-0.15, -0.1) is 0 Å². The smallest absolute Gasteiger partial charge is 0.320 e. The van der Waals surface area contributed by atoms with Crippen LogP contribution >= 0.6 is 0 Å². The van der Waals surface area contributed by atoms with Crippen molar-refractivity contribution >= 4 is 23.5 Å². The van der Waals surface area contributed by atoms with E-state index in [1.54, 1.807) is 31.3 Å². The molecule has 144 valence electrons. The van der Waals surface area contributed by atoms with E-state index in [-0.39, 0.29) is 24.9 Å². The minimum Gasteiger partial charge on any atom is -0.495 e. The number of nitrogens with zero attached hydrogens (tertiary/aromatic N) is 2. The van der Waals surface area contributed by atoms with Gasteiger partial charge in [-0.05, 0) is 32.5 Å². The first-order valence-corrected chi connectivity index (χ1v) is 8.43. The molecule has 0 heterocycles. The van der Waals surface area contributed by atoms with Crippen molar-refractivity contribution in [2.24, 2.45) is 0 Å². The number of carbonyl (C=O) groups excluding carboxylic acids is 2. The molecule has 1 aromatic rings. The van der Waals surface area contributed by atoms with Crippen molar-refractivity contribution in [3.05, 3.63) is 24.3 Å². The highest BCUT2D eigenvalue weighted by atomic mass is 16.5. The Hall–Kier alpha value is -2.61. The van der Waals surface area contributed by atoms with Crippen molar-refractivity contribution in [3.63, 3.8) is 0 Å². The number of aliphatic carboxylic acids is 1. The monoisotopic (exact) mass is 365 g/mol. The maximum absolute atomic E-state index is 12.5. The average Bonchev–Trinajstić information content (AvgIpc) is 2.60. The number of carboxylic acids is 1. The van der Waals surface area contributed by atoms with Crippen LogP contribution in [0.25, 0.3) is 0 Å². The number of amides is 2. The van der Waals surface area contributed by atoms with Gasteiger partial charge >= 0.3 is 5.97 Å². The molecule has 8 nitrogen and oxygen atoms in total. The summed E-state index contributed by atoms with van der Waals surface area (Å²) in [6.45, 7) is 3.64. The van der Waals surface area contributed by atoms with Crippen LogP contribution in [0.1, 0.15) is 20.3 Å². The first kappa shape index (κ1) is 21.4. The van der Waals surface area contributed by atoms with Gasteiger partial charge in [-0.3, -0.25) is 19.3 Å². The zero-order chi connectivity index (χ0) is 19.7. The topological polar surface area (TPSA) is 99.2 Å². The van der Waals surface area contributed by atoms with Gasteiger partial charge in [-0.2, -0.15) is 0 Å². The number of ether oxygens (including phenoxy) is 1. The molecule has 0 aliphatic rings. The molecule has 0 spiro atoms. The number of carbonyl (C=O) groups is 3. The second kappa shape index (κ2) is 10.4. The van der Waals surface area contributed by atoms with E-state index in [4.69, 9.17) is 9.84 Å². The lowest BCUT2D eigenvalue weighted by Crippen LogP contribution is -2.46. The molecule has 0 radical (unpaired) electrons. The van der Waals surface area contributed by atoms with Crippen molar-refractivity contribution in [2.75, 3.05) is 39.1 Å². The Bertz CT molecular complexity index is 635. The highest BCUT2D eigenvalue weighted by Gasteiger charge is 2.23. The van der Waals surface area contributed by atoms with Crippen molar-refractivity contribution in [3.8, 4) is 5.75 Å². The molecule has 8 heteroatoms. The van der Waals surface area contributed by atoms with E-state index in [9.17, 15) is 14.4 Å². The number of rotatable bonds is 10. The number of anilines is 1. The largest absolute Gasteiger partial charge is 0.495 e. The predicted molar refractivity (Wildman–Crippen MR) is 98.2 cm³/mol. The summed E-state index contributed by atoms with van der Waals surface area (Å²) in [5.74, 6) is -1.11. The van der Waals surface area contributed by atoms with Crippen molar-refractivity contribution < 1.29 is 24.2 Å². The summed E-state index contributed by atoms with van der Waals surface area (Å²) in [4.78, 5) is 38.7. The van der Waals surface area contributed by atoms with Gasteiger partial charge in [0.05, 0.1) is 25.9 Å². The highest BCUT2D eigenvalue weighted by Crippen LogP contribution is 2.22. The van der Waals surface area contributed by atoms with E-state index in [1.165, 1.54) is 23.8 Å². The average molecular weight is 365 g/mol. The predicted octanol–water partition coefficient (Wildman–Crippen LogP) is 1.28. The minimum absolute atomic E-state index is 0.0740. The van der Waals surface area contributed by atoms with Crippen LogP contribution in [0.15, 0.2) is 24.3 Å². The molecular formula is C18H27N3O5. The van der Waals surface area contributed by atoms with E-state index >= 15 is 0 Å². The third-order valence-corrected chi connectivity index (χ3v) is 3.96. The van der Waals surface area contributed by atoms with Gasteiger partial charge in [0, 0.05) is 6.54 Å². The normalized spacial score (nSPS) is 11.7. The number of nitrogens with one attached hydrogen (secondary N) is 1. The van der Waals surface area contributed by atoms with Crippen molar-refractivity contribution in [1.82, 2.24) is 9.80 Å². The van der Waals surface area contributed by atoms with E-state index in [2.05, 4.69) is 5.32 Å². The van der Waals surface area contributed by atoms with Gasteiger partial charge < -0.3 is 20.1 Å². The SMILES string of the molecule is CCCN(CC(=O)Nc1ccccc1OC)C(=O)CN(C)C(C)C(=O)O. The lowest BCUT2D eigenvalue weighted by atomic mass is 10.2. The number of likely N-dealkylation sites (N-methyl/N-ethyl adjacent to an activating group) is 1.